The fourth-order valence-electron chi connectivity index (χ4n) is 7.00. The van der Waals surface area contributed by atoms with Crippen molar-refractivity contribution in [2.75, 3.05) is 0 Å². The van der Waals surface area contributed by atoms with E-state index in [1.54, 1.807) is 20.8 Å². The van der Waals surface area contributed by atoms with Gasteiger partial charge in [-0.1, -0.05) is 117 Å². The van der Waals surface area contributed by atoms with Gasteiger partial charge >= 0.3 is 12.1 Å². The van der Waals surface area contributed by atoms with E-state index in [1.165, 1.54) is 0 Å². The highest BCUT2D eigenvalue weighted by molar-refractivity contribution is 6.00. The van der Waals surface area contributed by atoms with Crippen LogP contribution in [0.4, 0.5) is 4.79 Å². The summed E-state index contributed by atoms with van der Waals surface area (Å²) in [6.45, 7) is 16.3. The number of carboxylic acid groups (broad SMARTS) is 1. The highest BCUT2D eigenvalue weighted by Gasteiger charge is 2.53. The van der Waals surface area contributed by atoms with Crippen LogP contribution in [0.2, 0.25) is 0 Å². The van der Waals surface area contributed by atoms with Gasteiger partial charge < -0.3 is 41.2 Å². The van der Waals surface area contributed by atoms with Crippen LogP contribution in [0.15, 0.2) is 35.3 Å². The van der Waals surface area contributed by atoms with E-state index in [0.29, 0.717) is 25.7 Å². The molecule has 7 N–H and O–H groups in total. The van der Waals surface area contributed by atoms with Crippen molar-refractivity contribution in [2.24, 2.45) is 34.4 Å². The number of aliphatic carboxylic acids is 1. The third-order valence-corrected chi connectivity index (χ3v) is 10.6. The molecule has 2 rings (SSSR count). The number of nitrogens with two attached hydrogens (primary N) is 1. The summed E-state index contributed by atoms with van der Waals surface area (Å²) in [7, 11) is 0. The predicted octanol–water partition coefficient (Wildman–Crippen LogP) is 5.92. The van der Waals surface area contributed by atoms with Crippen molar-refractivity contribution in [1.29, 1.82) is 0 Å². The lowest BCUT2D eigenvalue weighted by atomic mass is 9.71. The molecule has 55 heavy (non-hydrogen) atoms. The quantitative estimate of drug-likeness (QED) is 0.0642. The van der Waals surface area contributed by atoms with Crippen LogP contribution in [0.3, 0.4) is 0 Å². The number of nitrogens with zero attached hydrogens (tertiary/aromatic N) is 1. The monoisotopic (exact) mass is 775 g/mol. The molecule has 1 saturated carbocycles. The van der Waals surface area contributed by atoms with Crippen molar-refractivity contribution >= 4 is 29.7 Å². The number of amides is 2. The van der Waals surface area contributed by atoms with Crippen LogP contribution in [0.1, 0.15) is 132 Å². The number of hydrogen-bond donors (Lipinski definition) is 6. The van der Waals surface area contributed by atoms with Gasteiger partial charge in [0.15, 0.2) is 11.3 Å². The molecule has 13 heteroatoms. The van der Waals surface area contributed by atoms with Crippen LogP contribution >= 0.6 is 0 Å². The summed E-state index contributed by atoms with van der Waals surface area (Å²) in [5, 5.41) is 39.7. The Kier molecular flexibility index (Phi) is 19.3. The van der Waals surface area contributed by atoms with E-state index in [4.69, 9.17) is 20.2 Å². The number of benzene rings is 1. The van der Waals surface area contributed by atoms with Crippen molar-refractivity contribution in [2.45, 2.75) is 175 Å². The van der Waals surface area contributed by atoms with E-state index in [1.807, 2.05) is 71.9 Å². The minimum atomic E-state index is -2.23. The van der Waals surface area contributed by atoms with Crippen molar-refractivity contribution in [3.05, 3.63) is 35.9 Å². The van der Waals surface area contributed by atoms with Gasteiger partial charge in [-0.3, -0.25) is 14.4 Å². The first-order chi connectivity index (χ1) is 25.7. The first-order valence-corrected chi connectivity index (χ1v) is 20.2. The number of carboxylic acids is 1. The summed E-state index contributed by atoms with van der Waals surface area (Å²) in [6, 6.07) is 5.72. The normalized spacial score (nSPS) is 19.2. The number of alkyl carbamates (subject to hydrolysis) is 1. The molecule has 0 heterocycles. The summed E-state index contributed by atoms with van der Waals surface area (Å²) in [5.74, 6) is -3.55. The third-order valence-electron chi connectivity index (χ3n) is 10.6. The van der Waals surface area contributed by atoms with Gasteiger partial charge in [-0.2, -0.15) is 0 Å². The van der Waals surface area contributed by atoms with Crippen LogP contribution in [-0.4, -0.2) is 86.4 Å². The topological polar surface area (TPSA) is 210 Å². The molecule has 0 bridgehead atoms. The molecule has 1 fully saturated rings. The van der Waals surface area contributed by atoms with Crippen molar-refractivity contribution in [1.82, 2.24) is 10.6 Å². The summed E-state index contributed by atoms with van der Waals surface area (Å²) in [4.78, 5) is 59.8. The fraction of sp³-hybridized carbons (Fsp3) is 0.738. The summed E-state index contributed by atoms with van der Waals surface area (Å²) in [6.07, 6.45) is 0.159. The molecular formula is C42H70N4O9. The molecule has 1 aliphatic carbocycles. The van der Waals surface area contributed by atoms with E-state index in [-0.39, 0.29) is 49.0 Å². The zero-order valence-electron chi connectivity index (χ0n) is 34.7. The predicted molar refractivity (Wildman–Crippen MR) is 213 cm³/mol. The average Bonchev–Trinajstić information content (AvgIpc) is 3.12. The van der Waals surface area contributed by atoms with Crippen LogP contribution in [0.5, 0.6) is 0 Å². The van der Waals surface area contributed by atoms with Crippen molar-refractivity contribution in [3.8, 4) is 0 Å². The number of ether oxygens (including phenoxy) is 2. The van der Waals surface area contributed by atoms with E-state index in [9.17, 15) is 29.7 Å². The number of aliphatic hydroxyl groups excluding tert-OH is 2. The Balaban J connectivity index is 3.04. The summed E-state index contributed by atoms with van der Waals surface area (Å²) < 4.78 is 12.0. The first-order valence-electron chi connectivity index (χ1n) is 20.2. The molecule has 312 valence electrons. The standard InChI is InChI=1S/C42H70N4O9/c1-10-27(5)34(43)38(52)45-35(28(6)11-2)39(54-25-30-20-16-13-17-21-30)46-42(24-29-18-14-12-15-19-29,37(51)32(47)22-26(3)4)36(50)31(23-33(48)49)44-40(53)55-41(7,8)9/h13,16-17,20-21,26-29,31-32,34-35,37,47,51H,10-12,14-15,18-19,22-25,43H2,1-9H3,(H,44,53)(H,45,52)(H,48,49)/t27-,28-,31-,32-,34-,35-,37-,42+/m0/s1. The molecule has 0 aliphatic heterocycles. The van der Waals surface area contributed by atoms with Crippen LogP contribution in [0, 0.1) is 23.7 Å². The van der Waals surface area contributed by atoms with Crippen LogP contribution in [-0.2, 0) is 30.5 Å². The second kappa shape index (κ2) is 22.3. The van der Waals surface area contributed by atoms with E-state index >= 15 is 4.79 Å². The van der Waals surface area contributed by atoms with Gasteiger partial charge in [0.25, 0.3) is 0 Å². The maximum absolute atomic E-state index is 15.4. The van der Waals surface area contributed by atoms with Gasteiger partial charge in [-0.25, -0.2) is 9.79 Å². The number of hydrogen-bond acceptors (Lipinski definition) is 10. The Bertz CT molecular complexity index is 1390. The lowest BCUT2D eigenvalue weighted by Crippen LogP contribution is -2.62. The molecule has 0 aromatic heterocycles. The van der Waals surface area contributed by atoms with E-state index < -0.39 is 71.6 Å². The summed E-state index contributed by atoms with van der Waals surface area (Å²) in [5.41, 5.74) is 3.97. The summed E-state index contributed by atoms with van der Waals surface area (Å²) >= 11 is 0. The van der Waals surface area contributed by atoms with Crippen LogP contribution in [0.25, 0.3) is 0 Å². The number of aliphatic imine (C=N–C) groups is 1. The van der Waals surface area contributed by atoms with Gasteiger partial charge in [-0.05, 0) is 62.8 Å². The zero-order valence-corrected chi connectivity index (χ0v) is 34.7. The molecule has 1 aliphatic rings. The number of rotatable bonds is 21. The Morgan fingerprint density at radius 2 is 1.53 bits per heavy atom. The van der Waals surface area contributed by atoms with E-state index in [2.05, 4.69) is 10.6 Å². The third kappa shape index (κ3) is 15.1. The first kappa shape index (κ1) is 47.6. The van der Waals surface area contributed by atoms with Crippen molar-refractivity contribution < 1.29 is 44.0 Å². The highest BCUT2D eigenvalue weighted by atomic mass is 16.6. The maximum atomic E-state index is 15.4. The largest absolute Gasteiger partial charge is 0.481 e. The number of carbonyl (C=O) groups excluding carboxylic acids is 3. The minimum absolute atomic E-state index is 0.0209. The molecule has 1 aromatic carbocycles. The minimum Gasteiger partial charge on any atom is -0.481 e. The van der Waals surface area contributed by atoms with Gasteiger partial charge in [0.1, 0.15) is 30.4 Å². The van der Waals surface area contributed by atoms with Crippen LogP contribution < -0.4 is 16.4 Å². The number of carbonyl (C=O) groups is 4. The Morgan fingerprint density at radius 1 is 0.927 bits per heavy atom. The second-order valence-electron chi connectivity index (χ2n) is 16.9. The molecule has 0 radical (unpaired) electrons. The number of ketones is 1. The van der Waals surface area contributed by atoms with Gasteiger partial charge in [0.2, 0.25) is 11.8 Å². The Hall–Kier alpha value is -3.55. The molecule has 0 spiro atoms. The van der Waals surface area contributed by atoms with E-state index in [0.717, 1.165) is 24.8 Å². The number of Topliss-reactive ketones (excluding diaryl/α,β-unsaturated/α-hetero) is 1. The second-order valence-corrected chi connectivity index (χ2v) is 16.9. The SMILES string of the molecule is CC[C@H](C)[C@H](N)C(=O)N[C@H](C(=N[C@](CC1CCCCC1)(C(=O)[C@H](CC(=O)O)NC(=O)OC(C)(C)C)[C@@H](O)[C@@H](O)CC(C)C)OCc1ccccc1)[C@@H](C)CC. The maximum Gasteiger partial charge on any atom is 0.408 e. The Morgan fingerprint density at radius 3 is 2.05 bits per heavy atom. The molecule has 13 nitrogen and oxygen atoms in total. The lowest BCUT2D eigenvalue weighted by molar-refractivity contribution is -0.143. The Labute approximate surface area is 328 Å². The fourth-order valence-corrected chi connectivity index (χ4v) is 7.00. The zero-order chi connectivity index (χ0) is 41.5. The van der Waals surface area contributed by atoms with Crippen molar-refractivity contribution in [3.63, 3.8) is 0 Å². The number of aliphatic hydroxyl groups is 2. The van der Waals surface area contributed by atoms with Gasteiger partial charge in [0.05, 0.1) is 18.6 Å². The molecule has 1 aromatic rings. The highest BCUT2D eigenvalue weighted by Crippen LogP contribution is 2.38. The lowest BCUT2D eigenvalue weighted by Gasteiger charge is -2.42. The smallest absolute Gasteiger partial charge is 0.408 e. The molecule has 0 saturated heterocycles. The molecule has 2 amide bonds. The number of nitrogens with one attached hydrogen (secondary N) is 2. The molecular weight excluding hydrogens is 704 g/mol. The average molecular weight is 775 g/mol. The van der Waals surface area contributed by atoms with Gasteiger partial charge in [0, 0.05) is 0 Å². The van der Waals surface area contributed by atoms with Gasteiger partial charge in [-0.15, -0.1) is 0 Å². The molecule has 8 atom stereocenters. The molecule has 0 unspecified atom stereocenters.